The number of hydrogen-bond acceptors (Lipinski definition) is 8. The van der Waals surface area contributed by atoms with Crippen LogP contribution in [0.5, 0.6) is 11.8 Å². The van der Waals surface area contributed by atoms with Crippen molar-refractivity contribution in [3.63, 3.8) is 0 Å². The van der Waals surface area contributed by atoms with Gasteiger partial charge in [0, 0.05) is 33.3 Å². The summed E-state index contributed by atoms with van der Waals surface area (Å²) in [6.45, 7) is 5.33. The molecule has 0 saturated heterocycles. The number of alkyl carbamates (subject to hydrolysis) is 1. The average Bonchev–Trinajstić information content (AvgIpc) is 2.84. The number of nitrogen functional groups attached to an aromatic ring is 1. The molecular formula is C27H32Br2N4O5. The molecule has 0 fully saturated rings. The smallest absolute Gasteiger partial charge is 0.408 e. The molecule has 0 saturated carbocycles. The number of carbonyl (C=O) groups is 2. The summed E-state index contributed by atoms with van der Waals surface area (Å²) in [5.74, 6) is 0.684. The monoisotopic (exact) mass is 650 g/mol. The minimum atomic E-state index is -0.735. The van der Waals surface area contributed by atoms with Crippen molar-refractivity contribution in [3.05, 3.63) is 74.9 Å². The highest BCUT2D eigenvalue weighted by Gasteiger charge is 2.25. The molecule has 2 heterocycles. The topological polar surface area (TPSA) is 126 Å². The van der Waals surface area contributed by atoms with Crippen molar-refractivity contribution in [3.8, 4) is 11.8 Å². The second-order valence-electron chi connectivity index (χ2n) is 9.11. The Morgan fingerprint density at radius 2 is 1.55 bits per heavy atom. The van der Waals surface area contributed by atoms with Crippen LogP contribution < -0.4 is 20.5 Å². The standard InChI is InChI=1S/C21H25BrN2O4.C6H7BrN2O/c1-21(2,3)28-20(26)24-17(10-14-8-6-5-7-9-14)18(25)12-15-11-16(22)13-23-19(15)27-4;1-10-6-5(8)2-4(7)3-9-6/h5-9,11,13,17H,10,12H2,1-4H3,(H,24,26);2-3H,8H2,1H3/t17-;/m0./s1. The summed E-state index contributed by atoms with van der Waals surface area (Å²) in [7, 11) is 3.04. The lowest BCUT2D eigenvalue weighted by atomic mass is 9.98. The molecule has 1 amide bonds. The highest BCUT2D eigenvalue weighted by molar-refractivity contribution is 9.10. The Morgan fingerprint density at radius 1 is 0.974 bits per heavy atom. The lowest BCUT2D eigenvalue weighted by Crippen LogP contribution is -2.45. The van der Waals surface area contributed by atoms with Gasteiger partial charge in [-0.25, -0.2) is 14.8 Å². The van der Waals surface area contributed by atoms with Crippen molar-refractivity contribution in [2.45, 2.75) is 45.3 Å². The summed E-state index contributed by atoms with van der Waals surface area (Å²) in [4.78, 5) is 33.4. The van der Waals surface area contributed by atoms with Crippen LogP contribution in [0.3, 0.4) is 0 Å². The summed E-state index contributed by atoms with van der Waals surface area (Å²) in [6.07, 6.45) is 3.05. The van der Waals surface area contributed by atoms with Gasteiger partial charge < -0.3 is 25.3 Å². The Bertz CT molecular complexity index is 1220. The number of pyridine rings is 2. The van der Waals surface area contributed by atoms with Crippen molar-refractivity contribution >= 4 is 49.4 Å². The van der Waals surface area contributed by atoms with Crippen molar-refractivity contribution < 1.29 is 23.8 Å². The minimum Gasteiger partial charge on any atom is -0.481 e. The molecule has 0 spiro atoms. The van der Waals surface area contributed by atoms with Gasteiger partial charge in [0.1, 0.15) is 5.60 Å². The van der Waals surface area contributed by atoms with Crippen LogP contribution in [0.4, 0.5) is 10.5 Å². The zero-order valence-corrected chi connectivity index (χ0v) is 25.1. The molecule has 1 aromatic carbocycles. The summed E-state index contributed by atoms with van der Waals surface area (Å²) >= 11 is 6.59. The van der Waals surface area contributed by atoms with E-state index in [1.165, 1.54) is 14.2 Å². The number of hydrogen-bond donors (Lipinski definition) is 2. The summed E-state index contributed by atoms with van der Waals surface area (Å²) in [6, 6.07) is 12.3. The van der Waals surface area contributed by atoms with Crippen LogP contribution in [0.15, 0.2) is 63.8 Å². The lowest BCUT2D eigenvalue weighted by Gasteiger charge is -2.23. The maximum atomic E-state index is 13.0. The van der Waals surface area contributed by atoms with E-state index in [-0.39, 0.29) is 12.2 Å². The quantitative estimate of drug-likeness (QED) is 0.325. The van der Waals surface area contributed by atoms with Crippen molar-refractivity contribution in [2.24, 2.45) is 0 Å². The number of ether oxygens (including phenoxy) is 3. The van der Waals surface area contributed by atoms with E-state index in [9.17, 15) is 9.59 Å². The number of nitrogens with one attached hydrogen (secondary N) is 1. The number of halogens is 2. The van der Waals surface area contributed by atoms with E-state index in [4.69, 9.17) is 19.9 Å². The molecule has 11 heteroatoms. The van der Waals surface area contributed by atoms with Gasteiger partial charge in [0.2, 0.25) is 11.8 Å². The molecular weight excluding hydrogens is 620 g/mol. The fourth-order valence-corrected chi connectivity index (χ4v) is 3.98. The number of benzene rings is 1. The van der Waals surface area contributed by atoms with Crippen LogP contribution in [-0.2, 0) is 22.4 Å². The van der Waals surface area contributed by atoms with Crippen LogP contribution in [0.25, 0.3) is 0 Å². The first-order chi connectivity index (χ1) is 17.9. The summed E-state index contributed by atoms with van der Waals surface area (Å²) < 4.78 is 17.0. The van der Waals surface area contributed by atoms with Gasteiger partial charge in [-0.1, -0.05) is 30.3 Å². The molecule has 38 heavy (non-hydrogen) atoms. The number of ketones is 1. The summed E-state index contributed by atoms with van der Waals surface area (Å²) in [5, 5.41) is 2.71. The SMILES string of the molecule is COc1ncc(Br)cc1CC(=O)[C@H](Cc1ccccc1)NC(=O)OC(C)(C)C.COc1ncc(Br)cc1N. The van der Waals surface area contributed by atoms with Crippen LogP contribution in [-0.4, -0.2) is 47.7 Å². The van der Waals surface area contributed by atoms with Gasteiger partial charge in [-0.05, 0) is 76.7 Å². The number of Topliss-reactive ketones (excluding diaryl/α,β-unsaturated/α-hetero) is 1. The fraction of sp³-hybridized carbons (Fsp3) is 0.333. The number of aromatic nitrogens is 2. The molecule has 3 aromatic rings. The molecule has 0 aliphatic rings. The second kappa shape index (κ2) is 14.7. The Hall–Kier alpha value is -3.18. The van der Waals surface area contributed by atoms with E-state index in [1.807, 2.05) is 30.3 Å². The van der Waals surface area contributed by atoms with E-state index in [1.54, 1.807) is 45.3 Å². The average molecular weight is 652 g/mol. The zero-order valence-electron chi connectivity index (χ0n) is 22.0. The Balaban J connectivity index is 0.000000423. The lowest BCUT2D eigenvalue weighted by molar-refractivity contribution is -0.120. The van der Waals surface area contributed by atoms with Crippen LogP contribution in [0.2, 0.25) is 0 Å². The maximum Gasteiger partial charge on any atom is 0.408 e. The predicted octanol–water partition coefficient (Wildman–Crippen LogP) is 5.54. The van der Waals surface area contributed by atoms with Gasteiger partial charge in [0.15, 0.2) is 5.78 Å². The Morgan fingerprint density at radius 3 is 2.11 bits per heavy atom. The van der Waals surface area contributed by atoms with Gasteiger partial charge in [-0.15, -0.1) is 0 Å². The molecule has 2 aromatic heterocycles. The third-order valence-electron chi connectivity index (χ3n) is 4.85. The van der Waals surface area contributed by atoms with Gasteiger partial charge in [-0.2, -0.15) is 0 Å². The Labute approximate surface area is 239 Å². The Kier molecular flexibility index (Phi) is 12.0. The zero-order chi connectivity index (χ0) is 28.3. The first-order valence-corrected chi connectivity index (χ1v) is 13.2. The number of nitrogens with zero attached hydrogens (tertiary/aromatic N) is 2. The molecule has 204 valence electrons. The number of nitrogens with two attached hydrogens (primary N) is 1. The van der Waals surface area contributed by atoms with E-state index < -0.39 is 17.7 Å². The summed E-state index contributed by atoms with van der Waals surface area (Å²) in [5.41, 5.74) is 6.99. The molecule has 9 nitrogen and oxygen atoms in total. The van der Waals surface area contributed by atoms with E-state index in [2.05, 4.69) is 47.1 Å². The number of rotatable bonds is 8. The second-order valence-corrected chi connectivity index (χ2v) is 10.9. The predicted molar refractivity (Wildman–Crippen MR) is 153 cm³/mol. The normalized spacial score (nSPS) is 11.4. The molecule has 3 N–H and O–H groups in total. The first-order valence-electron chi connectivity index (χ1n) is 11.6. The molecule has 0 radical (unpaired) electrons. The maximum absolute atomic E-state index is 13.0. The highest BCUT2D eigenvalue weighted by Crippen LogP contribution is 2.22. The van der Waals surface area contributed by atoms with Gasteiger partial charge in [0.25, 0.3) is 0 Å². The van der Waals surface area contributed by atoms with Crippen LogP contribution in [0.1, 0.15) is 31.9 Å². The molecule has 1 atom stereocenters. The largest absolute Gasteiger partial charge is 0.481 e. The first kappa shape index (κ1) is 31.0. The van der Waals surface area contributed by atoms with Crippen molar-refractivity contribution in [1.82, 2.24) is 15.3 Å². The number of anilines is 1. The van der Waals surface area contributed by atoms with Gasteiger partial charge in [-0.3, -0.25) is 4.79 Å². The molecule has 0 unspecified atom stereocenters. The van der Waals surface area contributed by atoms with E-state index in [0.29, 0.717) is 29.4 Å². The number of carbonyl (C=O) groups excluding carboxylic acids is 2. The third kappa shape index (κ3) is 10.7. The molecule has 3 rings (SSSR count). The van der Waals surface area contributed by atoms with Gasteiger partial charge in [0.05, 0.1) is 25.9 Å². The number of amides is 1. The highest BCUT2D eigenvalue weighted by atomic mass is 79.9. The minimum absolute atomic E-state index is 0.0723. The van der Waals surface area contributed by atoms with E-state index in [0.717, 1.165) is 14.5 Å². The van der Waals surface area contributed by atoms with Crippen molar-refractivity contribution in [2.75, 3.05) is 20.0 Å². The third-order valence-corrected chi connectivity index (χ3v) is 5.72. The van der Waals surface area contributed by atoms with Crippen molar-refractivity contribution in [1.29, 1.82) is 0 Å². The van der Waals surface area contributed by atoms with Gasteiger partial charge >= 0.3 is 6.09 Å². The fourth-order valence-electron chi connectivity index (χ4n) is 3.25. The molecule has 0 aliphatic carbocycles. The van der Waals surface area contributed by atoms with E-state index >= 15 is 0 Å². The molecule has 0 aliphatic heterocycles. The van der Waals surface area contributed by atoms with Crippen LogP contribution >= 0.6 is 31.9 Å². The number of methoxy groups -OCH3 is 2. The van der Waals surface area contributed by atoms with Crippen LogP contribution in [0, 0.1) is 0 Å². The molecule has 0 bridgehead atoms.